The van der Waals surface area contributed by atoms with E-state index in [0.717, 1.165) is 37.1 Å². The van der Waals surface area contributed by atoms with Crippen molar-refractivity contribution in [3.05, 3.63) is 61.7 Å². The van der Waals surface area contributed by atoms with Crippen molar-refractivity contribution in [1.29, 1.82) is 0 Å². The van der Waals surface area contributed by atoms with Crippen LogP contribution in [0.2, 0.25) is 0 Å². The fraction of sp³-hybridized carbons (Fsp3) is 0.517. The molecule has 0 aliphatic carbocycles. The van der Waals surface area contributed by atoms with E-state index in [9.17, 15) is 9.18 Å². The molecular weight excluding hydrogens is 521 g/mol. The van der Waals surface area contributed by atoms with E-state index in [2.05, 4.69) is 45.0 Å². The SMILES string of the molecule is CC.CC.Cc1cc(C(C)Nc2ccc(F)nc2Br)c2oc(N3CCC(C)(C)CC3)c(C)c(=O)c2c1. The first-order valence-electron chi connectivity index (χ1n) is 13.0. The van der Waals surface area contributed by atoms with Gasteiger partial charge in [0.1, 0.15) is 10.2 Å². The van der Waals surface area contributed by atoms with Gasteiger partial charge in [-0.2, -0.15) is 4.39 Å². The third-order valence-corrected chi connectivity index (χ3v) is 7.03. The number of rotatable bonds is 4. The Bertz CT molecular complexity index is 1230. The van der Waals surface area contributed by atoms with Gasteiger partial charge in [-0.15, -0.1) is 0 Å². The second-order valence-electron chi connectivity index (χ2n) is 9.58. The van der Waals surface area contributed by atoms with Crippen LogP contribution >= 0.6 is 15.9 Å². The van der Waals surface area contributed by atoms with E-state index < -0.39 is 5.95 Å². The second-order valence-corrected chi connectivity index (χ2v) is 10.3. The van der Waals surface area contributed by atoms with Gasteiger partial charge in [0.15, 0.2) is 5.43 Å². The van der Waals surface area contributed by atoms with Crippen molar-refractivity contribution < 1.29 is 8.81 Å². The Morgan fingerprint density at radius 1 is 1.11 bits per heavy atom. The lowest BCUT2D eigenvalue weighted by atomic mass is 9.82. The van der Waals surface area contributed by atoms with Crippen LogP contribution in [0.3, 0.4) is 0 Å². The number of aromatic nitrogens is 1. The Morgan fingerprint density at radius 3 is 2.31 bits per heavy atom. The van der Waals surface area contributed by atoms with E-state index in [1.165, 1.54) is 6.07 Å². The molecule has 3 heterocycles. The first kappa shape index (κ1) is 29.8. The molecule has 0 radical (unpaired) electrons. The molecule has 1 aliphatic heterocycles. The van der Waals surface area contributed by atoms with Gasteiger partial charge in [-0.1, -0.05) is 47.6 Å². The van der Waals surface area contributed by atoms with Crippen molar-refractivity contribution in [2.24, 2.45) is 5.41 Å². The number of benzene rings is 1. The molecule has 1 saturated heterocycles. The van der Waals surface area contributed by atoms with Crippen LogP contribution in [0.25, 0.3) is 11.0 Å². The smallest absolute Gasteiger partial charge is 0.214 e. The number of hydrogen-bond donors (Lipinski definition) is 1. The maximum absolute atomic E-state index is 13.4. The average molecular weight is 563 g/mol. The maximum atomic E-state index is 13.4. The summed E-state index contributed by atoms with van der Waals surface area (Å²) in [6, 6.07) is 6.69. The molecule has 0 saturated carbocycles. The summed E-state index contributed by atoms with van der Waals surface area (Å²) in [5, 5.41) is 3.95. The Labute approximate surface area is 223 Å². The number of pyridine rings is 1. The predicted molar refractivity (Wildman–Crippen MR) is 154 cm³/mol. The molecule has 4 rings (SSSR count). The van der Waals surface area contributed by atoms with E-state index in [-0.39, 0.29) is 11.5 Å². The summed E-state index contributed by atoms with van der Waals surface area (Å²) >= 11 is 3.31. The van der Waals surface area contributed by atoms with Crippen molar-refractivity contribution in [2.75, 3.05) is 23.3 Å². The first-order chi connectivity index (χ1) is 17.1. The molecule has 198 valence electrons. The monoisotopic (exact) mass is 561 g/mol. The molecule has 1 aliphatic rings. The van der Waals surface area contributed by atoms with Gasteiger partial charge in [0, 0.05) is 18.7 Å². The van der Waals surface area contributed by atoms with E-state index in [1.807, 2.05) is 60.6 Å². The van der Waals surface area contributed by atoms with Gasteiger partial charge < -0.3 is 14.6 Å². The maximum Gasteiger partial charge on any atom is 0.214 e. The van der Waals surface area contributed by atoms with Crippen LogP contribution in [-0.4, -0.2) is 18.1 Å². The Hall–Kier alpha value is -2.41. The van der Waals surface area contributed by atoms with Crippen molar-refractivity contribution in [1.82, 2.24) is 4.98 Å². The van der Waals surface area contributed by atoms with Crippen LogP contribution in [0.15, 0.2) is 38.1 Å². The van der Waals surface area contributed by atoms with E-state index >= 15 is 0 Å². The Morgan fingerprint density at radius 2 is 1.72 bits per heavy atom. The zero-order valence-corrected chi connectivity index (χ0v) is 24.8. The van der Waals surface area contributed by atoms with Crippen LogP contribution < -0.4 is 15.6 Å². The van der Waals surface area contributed by atoms with Crippen LogP contribution in [0, 0.1) is 25.2 Å². The van der Waals surface area contributed by atoms with Crippen LogP contribution in [0.1, 0.15) is 84.0 Å². The zero-order valence-electron chi connectivity index (χ0n) is 23.2. The topological polar surface area (TPSA) is 58.4 Å². The van der Waals surface area contributed by atoms with Crippen molar-refractivity contribution in [3.63, 3.8) is 0 Å². The molecular formula is C29H41BrFN3O2. The fourth-order valence-electron chi connectivity index (χ4n) is 4.33. The third-order valence-electron chi connectivity index (χ3n) is 6.42. The van der Waals surface area contributed by atoms with Gasteiger partial charge in [0.2, 0.25) is 11.8 Å². The van der Waals surface area contributed by atoms with E-state index in [1.54, 1.807) is 6.07 Å². The van der Waals surface area contributed by atoms with E-state index in [0.29, 0.717) is 38.1 Å². The number of anilines is 2. The van der Waals surface area contributed by atoms with Crippen molar-refractivity contribution >= 4 is 38.5 Å². The highest BCUT2D eigenvalue weighted by molar-refractivity contribution is 9.10. The Kier molecular flexibility index (Phi) is 10.5. The quantitative estimate of drug-likeness (QED) is 0.323. The summed E-state index contributed by atoms with van der Waals surface area (Å²) in [6.45, 7) is 20.1. The average Bonchev–Trinajstić information content (AvgIpc) is 2.85. The van der Waals surface area contributed by atoms with Gasteiger partial charge in [-0.05, 0) is 78.7 Å². The molecule has 0 bridgehead atoms. The second kappa shape index (κ2) is 12.7. The lowest BCUT2D eigenvalue weighted by molar-refractivity contribution is 0.274. The minimum absolute atomic E-state index is 0.00728. The highest BCUT2D eigenvalue weighted by Gasteiger charge is 2.28. The molecule has 5 nitrogen and oxygen atoms in total. The van der Waals surface area contributed by atoms with Crippen LogP contribution in [0.4, 0.5) is 16.0 Å². The van der Waals surface area contributed by atoms with Gasteiger partial charge in [0.25, 0.3) is 0 Å². The molecule has 2 aromatic heterocycles. The van der Waals surface area contributed by atoms with Crippen LogP contribution in [-0.2, 0) is 0 Å². The standard InChI is InChI=1S/C25H29BrFN3O2.2C2H6/c1-14-12-17(16(3)28-19-6-7-20(27)29-23(19)26)22-18(13-14)21(31)15(2)24(32-22)30-10-8-25(4,5)9-11-30;2*1-2/h6-7,12-13,16,28H,8-11H2,1-5H3;2*1-2H3. The van der Waals surface area contributed by atoms with Gasteiger partial charge in [-0.3, -0.25) is 4.79 Å². The predicted octanol–water partition coefficient (Wildman–Crippen LogP) is 8.56. The number of fused-ring (bicyclic) bond motifs is 1. The molecule has 36 heavy (non-hydrogen) atoms. The minimum atomic E-state index is -0.549. The molecule has 1 N–H and O–H groups in total. The normalized spacial score (nSPS) is 15.4. The number of hydrogen-bond acceptors (Lipinski definition) is 5. The first-order valence-corrected chi connectivity index (χ1v) is 13.8. The summed E-state index contributed by atoms with van der Waals surface area (Å²) in [5.41, 5.74) is 4.09. The molecule has 1 aromatic carbocycles. The summed E-state index contributed by atoms with van der Waals surface area (Å²) in [4.78, 5) is 19.3. The number of halogens is 2. The molecule has 3 aromatic rings. The van der Waals surface area contributed by atoms with Crippen LogP contribution in [0.5, 0.6) is 0 Å². The molecule has 1 fully saturated rings. The zero-order chi connectivity index (χ0) is 27.2. The molecule has 0 spiro atoms. The van der Waals surface area contributed by atoms with Crippen molar-refractivity contribution in [2.45, 2.75) is 81.2 Å². The summed E-state index contributed by atoms with van der Waals surface area (Å²) in [5.74, 6) is 0.117. The Balaban J connectivity index is 0.00000109. The van der Waals surface area contributed by atoms with Gasteiger partial charge in [0.05, 0.1) is 22.7 Å². The number of nitrogens with one attached hydrogen (secondary N) is 1. The fourth-order valence-corrected chi connectivity index (χ4v) is 4.74. The van der Waals surface area contributed by atoms with E-state index in [4.69, 9.17) is 4.42 Å². The summed E-state index contributed by atoms with van der Waals surface area (Å²) < 4.78 is 20.3. The number of piperidine rings is 1. The molecule has 7 heteroatoms. The summed E-state index contributed by atoms with van der Waals surface area (Å²) in [6.07, 6.45) is 2.11. The van der Waals surface area contributed by atoms with Crippen molar-refractivity contribution in [3.8, 4) is 0 Å². The lowest BCUT2D eigenvalue weighted by Gasteiger charge is -2.37. The third kappa shape index (κ3) is 6.67. The highest BCUT2D eigenvalue weighted by atomic mass is 79.9. The number of aryl methyl sites for hydroxylation is 1. The minimum Gasteiger partial charge on any atom is -0.440 e. The molecule has 1 atom stereocenters. The molecule has 0 amide bonds. The number of nitrogens with zero attached hydrogens (tertiary/aromatic N) is 2. The summed E-state index contributed by atoms with van der Waals surface area (Å²) in [7, 11) is 0. The highest BCUT2D eigenvalue weighted by Crippen LogP contribution is 2.36. The largest absolute Gasteiger partial charge is 0.440 e. The van der Waals surface area contributed by atoms with Gasteiger partial charge in [-0.25, -0.2) is 4.98 Å². The van der Waals surface area contributed by atoms with Gasteiger partial charge >= 0.3 is 0 Å². The molecule has 1 unspecified atom stereocenters. The lowest BCUT2D eigenvalue weighted by Crippen LogP contribution is -2.38.